The number of piperidine rings is 1. The predicted molar refractivity (Wildman–Crippen MR) is 76.5 cm³/mol. The Morgan fingerprint density at radius 1 is 1.19 bits per heavy atom. The first-order valence-electron chi connectivity index (χ1n) is 7.08. The molecule has 1 amide bonds. The normalized spacial score (nSPS) is 17.2. The van der Waals surface area contributed by atoms with Gasteiger partial charge in [0.05, 0.1) is 6.42 Å². The quantitative estimate of drug-likeness (QED) is 0.872. The summed E-state index contributed by atoms with van der Waals surface area (Å²) in [5, 5.41) is 11.9. The maximum absolute atomic E-state index is 12.8. The second-order valence-electron chi connectivity index (χ2n) is 5.21. The molecule has 2 N–H and O–H groups in total. The first-order chi connectivity index (χ1) is 10.1. The monoisotopic (exact) mass is 294 g/mol. The fourth-order valence-electron chi connectivity index (χ4n) is 2.52. The van der Waals surface area contributed by atoms with E-state index in [9.17, 15) is 19.1 Å². The molecule has 5 nitrogen and oxygen atoms in total. The molecule has 0 aromatic heterocycles. The molecule has 2 rings (SSSR count). The fourth-order valence-corrected chi connectivity index (χ4v) is 2.52. The van der Waals surface area contributed by atoms with Gasteiger partial charge in [-0.1, -0.05) is 6.42 Å². The zero-order chi connectivity index (χ0) is 15.2. The molecule has 0 spiro atoms. The summed E-state index contributed by atoms with van der Waals surface area (Å²) in [5.74, 6) is -1.74. The van der Waals surface area contributed by atoms with E-state index in [1.807, 2.05) is 4.90 Å². The molecular formula is C15H19FN2O3. The number of rotatable bonds is 5. The molecule has 1 fully saturated rings. The number of carbonyl (C=O) groups excluding carboxylic acids is 1. The van der Waals surface area contributed by atoms with Crippen molar-refractivity contribution >= 4 is 17.6 Å². The summed E-state index contributed by atoms with van der Waals surface area (Å²) >= 11 is 0. The van der Waals surface area contributed by atoms with Crippen molar-refractivity contribution in [2.45, 2.75) is 31.7 Å². The van der Waals surface area contributed by atoms with E-state index in [0.717, 1.165) is 19.3 Å². The lowest BCUT2D eigenvalue weighted by Crippen LogP contribution is -2.45. The van der Waals surface area contributed by atoms with Gasteiger partial charge in [-0.25, -0.2) is 4.39 Å². The number of anilines is 1. The number of halogens is 1. The molecule has 1 aromatic rings. The number of hydrogen-bond acceptors (Lipinski definition) is 3. The topological polar surface area (TPSA) is 69.6 Å². The molecule has 114 valence electrons. The van der Waals surface area contributed by atoms with Crippen LogP contribution in [0.3, 0.4) is 0 Å². The lowest BCUT2D eigenvalue weighted by molar-refractivity contribution is -0.145. The molecule has 1 aliphatic heterocycles. The van der Waals surface area contributed by atoms with Gasteiger partial charge in [0.2, 0.25) is 5.91 Å². The van der Waals surface area contributed by atoms with Gasteiger partial charge < -0.3 is 10.4 Å². The van der Waals surface area contributed by atoms with Gasteiger partial charge in [0.25, 0.3) is 0 Å². The van der Waals surface area contributed by atoms with Gasteiger partial charge in [0.15, 0.2) is 0 Å². The second-order valence-corrected chi connectivity index (χ2v) is 5.21. The van der Waals surface area contributed by atoms with Gasteiger partial charge in [0, 0.05) is 5.69 Å². The van der Waals surface area contributed by atoms with Crippen molar-refractivity contribution in [2.24, 2.45) is 0 Å². The number of carboxylic acid groups (broad SMARTS) is 1. The van der Waals surface area contributed by atoms with E-state index in [0.29, 0.717) is 18.8 Å². The van der Waals surface area contributed by atoms with Gasteiger partial charge in [-0.15, -0.1) is 0 Å². The van der Waals surface area contributed by atoms with Crippen LogP contribution in [0, 0.1) is 5.82 Å². The molecular weight excluding hydrogens is 275 g/mol. The third kappa shape index (κ3) is 4.53. The van der Waals surface area contributed by atoms with Crippen LogP contribution in [-0.4, -0.2) is 41.0 Å². The number of nitrogens with zero attached hydrogens (tertiary/aromatic N) is 1. The SMILES string of the molecule is O=C(CC(C(=O)O)N1CCCCC1)Nc1ccc(F)cc1. The van der Waals surface area contributed by atoms with Crippen molar-refractivity contribution in [3.8, 4) is 0 Å². The summed E-state index contributed by atoms with van der Waals surface area (Å²) in [5.41, 5.74) is 0.462. The molecule has 0 aliphatic carbocycles. The second kappa shape index (κ2) is 7.17. The van der Waals surface area contributed by atoms with Crippen LogP contribution >= 0.6 is 0 Å². The Kier molecular flexibility index (Phi) is 5.27. The summed E-state index contributed by atoms with van der Waals surface area (Å²) in [6, 6.07) is 4.59. The predicted octanol–water partition coefficient (Wildman–Crippen LogP) is 2.09. The lowest BCUT2D eigenvalue weighted by atomic mass is 10.1. The van der Waals surface area contributed by atoms with Crippen molar-refractivity contribution < 1.29 is 19.1 Å². The van der Waals surface area contributed by atoms with Gasteiger partial charge in [-0.05, 0) is 50.2 Å². The minimum Gasteiger partial charge on any atom is -0.480 e. The van der Waals surface area contributed by atoms with Crippen molar-refractivity contribution in [3.63, 3.8) is 0 Å². The number of hydrogen-bond donors (Lipinski definition) is 2. The molecule has 1 unspecified atom stereocenters. The molecule has 1 aliphatic rings. The van der Waals surface area contributed by atoms with Crippen molar-refractivity contribution in [2.75, 3.05) is 18.4 Å². The van der Waals surface area contributed by atoms with Gasteiger partial charge in [0.1, 0.15) is 11.9 Å². The van der Waals surface area contributed by atoms with Crippen molar-refractivity contribution in [1.29, 1.82) is 0 Å². The van der Waals surface area contributed by atoms with Gasteiger partial charge >= 0.3 is 5.97 Å². The largest absolute Gasteiger partial charge is 0.480 e. The van der Waals surface area contributed by atoms with E-state index >= 15 is 0 Å². The first kappa shape index (κ1) is 15.4. The maximum atomic E-state index is 12.8. The number of benzene rings is 1. The van der Waals surface area contributed by atoms with E-state index < -0.39 is 12.0 Å². The Labute approximate surface area is 122 Å². The fraction of sp³-hybridized carbons (Fsp3) is 0.467. The summed E-state index contributed by atoms with van der Waals surface area (Å²) in [4.78, 5) is 25.2. The minimum atomic E-state index is -0.980. The van der Waals surface area contributed by atoms with Gasteiger partial charge in [-0.2, -0.15) is 0 Å². The van der Waals surface area contributed by atoms with Crippen LogP contribution in [0.1, 0.15) is 25.7 Å². The molecule has 6 heteroatoms. The first-order valence-corrected chi connectivity index (χ1v) is 7.08. The van der Waals surface area contributed by atoms with Crippen LogP contribution in [0.2, 0.25) is 0 Å². The number of nitrogens with one attached hydrogen (secondary N) is 1. The number of carbonyl (C=O) groups is 2. The summed E-state index contributed by atoms with van der Waals surface area (Å²) in [6.45, 7) is 1.42. The summed E-state index contributed by atoms with van der Waals surface area (Å²) in [6.07, 6.45) is 2.92. The smallest absolute Gasteiger partial charge is 0.321 e. The standard InChI is InChI=1S/C15H19FN2O3/c16-11-4-6-12(7-5-11)17-14(19)10-13(15(20)21)18-8-2-1-3-9-18/h4-7,13H,1-3,8-10H2,(H,17,19)(H,20,21). The van der Waals surface area contributed by atoms with Crippen LogP contribution in [0.25, 0.3) is 0 Å². The summed E-state index contributed by atoms with van der Waals surface area (Å²) in [7, 11) is 0. The Morgan fingerprint density at radius 2 is 1.81 bits per heavy atom. The van der Waals surface area contributed by atoms with Crippen molar-refractivity contribution in [1.82, 2.24) is 4.90 Å². The van der Waals surface area contributed by atoms with E-state index in [2.05, 4.69) is 5.32 Å². The molecule has 1 saturated heterocycles. The zero-order valence-electron chi connectivity index (χ0n) is 11.7. The highest BCUT2D eigenvalue weighted by atomic mass is 19.1. The Bertz CT molecular complexity index is 498. The third-order valence-electron chi connectivity index (χ3n) is 3.62. The van der Waals surface area contributed by atoms with Crippen LogP contribution in [-0.2, 0) is 9.59 Å². The third-order valence-corrected chi connectivity index (χ3v) is 3.62. The van der Waals surface area contributed by atoms with Crippen LogP contribution < -0.4 is 5.32 Å². The number of aliphatic carboxylic acids is 1. The molecule has 1 heterocycles. The number of carboxylic acids is 1. The van der Waals surface area contributed by atoms with E-state index in [4.69, 9.17) is 0 Å². The van der Waals surface area contributed by atoms with E-state index in [-0.39, 0.29) is 18.1 Å². The highest BCUT2D eigenvalue weighted by Gasteiger charge is 2.29. The van der Waals surface area contributed by atoms with Gasteiger partial charge in [-0.3, -0.25) is 14.5 Å². The molecule has 0 saturated carbocycles. The van der Waals surface area contributed by atoms with Crippen LogP contribution in [0.4, 0.5) is 10.1 Å². The zero-order valence-corrected chi connectivity index (χ0v) is 11.7. The molecule has 0 bridgehead atoms. The molecule has 1 atom stereocenters. The van der Waals surface area contributed by atoms with Crippen molar-refractivity contribution in [3.05, 3.63) is 30.1 Å². The summed E-state index contributed by atoms with van der Waals surface area (Å²) < 4.78 is 12.8. The molecule has 21 heavy (non-hydrogen) atoms. The highest BCUT2D eigenvalue weighted by Crippen LogP contribution is 2.16. The average Bonchev–Trinajstić information content (AvgIpc) is 2.48. The Morgan fingerprint density at radius 3 is 2.38 bits per heavy atom. The lowest BCUT2D eigenvalue weighted by Gasteiger charge is -2.31. The maximum Gasteiger partial charge on any atom is 0.321 e. The van der Waals surface area contributed by atoms with E-state index in [1.165, 1.54) is 24.3 Å². The Hall–Kier alpha value is -1.95. The minimum absolute atomic E-state index is 0.104. The number of likely N-dealkylation sites (tertiary alicyclic amines) is 1. The average molecular weight is 294 g/mol. The highest BCUT2D eigenvalue weighted by molar-refractivity contribution is 5.94. The number of amides is 1. The van der Waals surface area contributed by atoms with Crippen LogP contribution in [0.5, 0.6) is 0 Å². The molecule has 1 aromatic carbocycles. The molecule has 0 radical (unpaired) electrons. The van der Waals surface area contributed by atoms with E-state index in [1.54, 1.807) is 0 Å². The Balaban J connectivity index is 1.94. The van der Waals surface area contributed by atoms with Crippen LogP contribution in [0.15, 0.2) is 24.3 Å².